The Kier molecular flexibility index (Phi) is 66.4. The van der Waals surface area contributed by atoms with Gasteiger partial charge in [0.2, 0.25) is 5.91 Å². The van der Waals surface area contributed by atoms with Gasteiger partial charge in [-0.1, -0.05) is 326 Å². The van der Waals surface area contributed by atoms with Gasteiger partial charge in [0.1, 0.15) is 0 Å². The van der Waals surface area contributed by atoms with Gasteiger partial charge in [0.05, 0.1) is 25.4 Å². The number of amides is 1. The summed E-state index contributed by atoms with van der Waals surface area (Å²) in [7, 11) is 0. The van der Waals surface area contributed by atoms with Crippen LogP contribution in [0.4, 0.5) is 0 Å². The van der Waals surface area contributed by atoms with E-state index < -0.39 is 12.1 Å². The van der Waals surface area contributed by atoms with Crippen LogP contribution in [0.1, 0.15) is 380 Å². The van der Waals surface area contributed by atoms with Gasteiger partial charge >= 0.3 is 5.97 Å². The van der Waals surface area contributed by atoms with Crippen LogP contribution in [0.15, 0.2) is 48.6 Å². The van der Waals surface area contributed by atoms with E-state index in [2.05, 4.69) is 55.6 Å². The van der Waals surface area contributed by atoms with Crippen molar-refractivity contribution >= 4 is 11.9 Å². The minimum atomic E-state index is -0.847. The standard InChI is InChI=1S/C73H137NO5/c1-3-5-7-9-11-13-15-17-19-21-30-35-39-43-47-51-55-59-63-67-73(78)79-68-64-60-56-52-48-44-40-36-32-29-27-25-23-22-24-26-28-31-34-38-42-46-50-54-58-62-66-72(77)74-70(69-75)71(76)65-61-57-53-49-45-41-37-33-20-18-16-14-12-10-8-6-4-2/h11,13,17,19,22,24,61,65,70-71,75-76H,3-10,12,14-16,18,20-21,23,25-60,62-64,66-69H2,1-2H3,(H,74,77)/b13-11-,19-17-,24-22-,65-61+. The Morgan fingerprint density at radius 3 is 1.00 bits per heavy atom. The molecule has 0 saturated carbocycles. The number of nitrogens with one attached hydrogen (secondary N) is 1. The van der Waals surface area contributed by atoms with E-state index in [0.29, 0.717) is 19.4 Å². The molecule has 0 aliphatic carbocycles. The van der Waals surface area contributed by atoms with Crippen LogP contribution in [-0.2, 0) is 14.3 Å². The summed E-state index contributed by atoms with van der Waals surface area (Å²) in [5.41, 5.74) is 0. The van der Waals surface area contributed by atoms with Gasteiger partial charge in [-0.2, -0.15) is 0 Å². The van der Waals surface area contributed by atoms with Gasteiger partial charge in [0.15, 0.2) is 0 Å². The molecule has 3 N–H and O–H groups in total. The number of esters is 1. The quantitative estimate of drug-likeness (QED) is 0.0320. The van der Waals surface area contributed by atoms with Gasteiger partial charge in [-0.3, -0.25) is 9.59 Å². The van der Waals surface area contributed by atoms with Crippen LogP contribution in [0.2, 0.25) is 0 Å². The fourth-order valence-corrected chi connectivity index (χ4v) is 10.9. The number of aliphatic hydroxyl groups is 2. The number of allylic oxidation sites excluding steroid dienone is 7. The van der Waals surface area contributed by atoms with Crippen molar-refractivity contribution in [2.45, 2.75) is 392 Å². The van der Waals surface area contributed by atoms with Crippen LogP contribution in [0.5, 0.6) is 0 Å². The lowest BCUT2D eigenvalue weighted by atomic mass is 10.0. The second-order valence-corrected chi connectivity index (χ2v) is 24.2. The molecule has 6 heteroatoms. The van der Waals surface area contributed by atoms with Crippen molar-refractivity contribution in [3.05, 3.63) is 48.6 Å². The minimum Gasteiger partial charge on any atom is -0.466 e. The highest BCUT2D eigenvalue weighted by Crippen LogP contribution is 2.18. The van der Waals surface area contributed by atoms with Crippen LogP contribution >= 0.6 is 0 Å². The first-order valence-electron chi connectivity index (χ1n) is 35.4. The molecule has 0 aliphatic heterocycles. The maximum absolute atomic E-state index is 12.5. The van der Waals surface area contributed by atoms with Gasteiger partial charge in [0, 0.05) is 12.8 Å². The Labute approximate surface area is 493 Å². The van der Waals surface area contributed by atoms with Crippen molar-refractivity contribution in [3.63, 3.8) is 0 Å². The molecule has 0 spiro atoms. The van der Waals surface area contributed by atoms with Crippen LogP contribution < -0.4 is 5.32 Å². The lowest BCUT2D eigenvalue weighted by Gasteiger charge is -2.20. The molecule has 79 heavy (non-hydrogen) atoms. The van der Waals surface area contributed by atoms with E-state index in [1.54, 1.807) is 6.08 Å². The molecule has 2 unspecified atom stereocenters. The Hall–Kier alpha value is -2.18. The third kappa shape index (κ3) is 64.8. The number of ether oxygens (including phenoxy) is 1. The SMILES string of the molecule is CCCCC/C=C\C/C=C\CCCCCCCCCCCC(=O)OCCCCCCCCCCCCCC/C=C\CCCCCCCCCCCCC(=O)NC(CO)C(O)/C=C/CCCCCCCCCCCCCCCCC. The molecule has 0 bridgehead atoms. The number of rotatable bonds is 66. The Balaban J connectivity index is 3.40. The summed E-state index contributed by atoms with van der Waals surface area (Å²) in [6.07, 6.45) is 89.0. The maximum Gasteiger partial charge on any atom is 0.305 e. The van der Waals surface area contributed by atoms with E-state index in [1.165, 1.54) is 302 Å². The van der Waals surface area contributed by atoms with Crippen molar-refractivity contribution in [1.29, 1.82) is 0 Å². The second-order valence-electron chi connectivity index (χ2n) is 24.2. The number of carbonyl (C=O) groups excluding carboxylic acids is 2. The third-order valence-corrected chi connectivity index (χ3v) is 16.3. The van der Waals surface area contributed by atoms with E-state index in [4.69, 9.17) is 4.74 Å². The smallest absolute Gasteiger partial charge is 0.305 e. The highest BCUT2D eigenvalue weighted by Gasteiger charge is 2.18. The van der Waals surface area contributed by atoms with Crippen molar-refractivity contribution in [2.24, 2.45) is 0 Å². The highest BCUT2D eigenvalue weighted by atomic mass is 16.5. The summed E-state index contributed by atoms with van der Waals surface area (Å²) >= 11 is 0. The molecular formula is C73H137NO5. The zero-order valence-electron chi connectivity index (χ0n) is 53.1. The Morgan fingerprint density at radius 1 is 0.354 bits per heavy atom. The zero-order chi connectivity index (χ0) is 57.1. The van der Waals surface area contributed by atoms with Crippen LogP contribution in [0.25, 0.3) is 0 Å². The fourth-order valence-electron chi connectivity index (χ4n) is 10.9. The van der Waals surface area contributed by atoms with Gasteiger partial charge in [-0.25, -0.2) is 0 Å². The van der Waals surface area contributed by atoms with E-state index >= 15 is 0 Å². The molecule has 6 nitrogen and oxygen atoms in total. The lowest BCUT2D eigenvalue weighted by Crippen LogP contribution is -2.45. The van der Waals surface area contributed by atoms with Crippen molar-refractivity contribution in [1.82, 2.24) is 5.32 Å². The molecular weight excluding hydrogens is 971 g/mol. The van der Waals surface area contributed by atoms with Crippen LogP contribution in [0, 0.1) is 0 Å². The first kappa shape index (κ1) is 76.8. The molecule has 0 aliphatic rings. The molecule has 0 aromatic carbocycles. The number of aliphatic hydroxyl groups excluding tert-OH is 2. The van der Waals surface area contributed by atoms with Gasteiger partial charge < -0.3 is 20.3 Å². The van der Waals surface area contributed by atoms with Crippen molar-refractivity contribution in [2.75, 3.05) is 13.2 Å². The summed E-state index contributed by atoms with van der Waals surface area (Å²) in [5, 5.41) is 23.2. The first-order valence-corrected chi connectivity index (χ1v) is 35.4. The largest absolute Gasteiger partial charge is 0.466 e. The number of carbonyl (C=O) groups is 2. The molecule has 0 radical (unpaired) electrons. The lowest BCUT2D eigenvalue weighted by molar-refractivity contribution is -0.143. The summed E-state index contributed by atoms with van der Waals surface area (Å²) in [6, 6.07) is -0.630. The normalized spacial score (nSPS) is 12.8. The van der Waals surface area contributed by atoms with Gasteiger partial charge in [-0.05, 0) is 89.9 Å². The monoisotopic (exact) mass is 1110 g/mol. The summed E-state index contributed by atoms with van der Waals surface area (Å²) in [6.45, 7) is 4.90. The predicted molar refractivity (Wildman–Crippen MR) is 347 cm³/mol. The van der Waals surface area contributed by atoms with E-state index in [1.807, 2.05) is 6.08 Å². The van der Waals surface area contributed by atoms with Crippen LogP contribution in [-0.4, -0.2) is 47.4 Å². The summed E-state index contributed by atoms with van der Waals surface area (Å²) in [5.74, 6) is -0.0573. The minimum absolute atomic E-state index is 0.0103. The number of unbranched alkanes of at least 4 members (excludes halogenated alkanes) is 49. The molecule has 0 aromatic heterocycles. The summed E-state index contributed by atoms with van der Waals surface area (Å²) < 4.78 is 5.51. The number of hydrogen-bond donors (Lipinski definition) is 3. The Morgan fingerprint density at radius 2 is 0.633 bits per heavy atom. The molecule has 464 valence electrons. The highest BCUT2D eigenvalue weighted by molar-refractivity contribution is 5.76. The molecule has 0 rings (SSSR count). The molecule has 0 aromatic rings. The first-order chi connectivity index (χ1) is 39.0. The Bertz CT molecular complexity index is 1320. The molecule has 1 amide bonds. The third-order valence-electron chi connectivity index (χ3n) is 16.3. The average molecular weight is 1110 g/mol. The zero-order valence-corrected chi connectivity index (χ0v) is 53.1. The van der Waals surface area contributed by atoms with Gasteiger partial charge in [0.25, 0.3) is 0 Å². The topological polar surface area (TPSA) is 95.9 Å². The van der Waals surface area contributed by atoms with Crippen LogP contribution in [0.3, 0.4) is 0 Å². The molecule has 0 fully saturated rings. The summed E-state index contributed by atoms with van der Waals surface area (Å²) in [4.78, 5) is 24.6. The van der Waals surface area contributed by atoms with Crippen molar-refractivity contribution < 1.29 is 24.5 Å². The second kappa shape index (κ2) is 68.3. The molecule has 0 saturated heterocycles. The molecule has 0 heterocycles. The van der Waals surface area contributed by atoms with E-state index in [9.17, 15) is 19.8 Å². The fraction of sp³-hybridized carbons (Fsp3) is 0.863. The van der Waals surface area contributed by atoms with Gasteiger partial charge in [-0.15, -0.1) is 0 Å². The maximum atomic E-state index is 12.5. The predicted octanol–water partition coefficient (Wildman–Crippen LogP) is 22.9. The average Bonchev–Trinajstić information content (AvgIpc) is 3.45. The molecule has 2 atom stereocenters. The van der Waals surface area contributed by atoms with E-state index in [-0.39, 0.29) is 18.5 Å². The number of hydrogen-bond acceptors (Lipinski definition) is 5. The van der Waals surface area contributed by atoms with E-state index in [0.717, 1.165) is 51.4 Å². The van der Waals surface area contributed by atoms with Crippen molar-refractivity contribution in [3.8, 4) is 0 Å².